The van der Waals surface area contributed by atoms with Crippen molar-refractivity contribution in [2.75, 3.05) is 27.9 Å². The lowest BCUT2D eigenvalue weighted by molar-refractivity contribution is -0.00582. The van der Waals surface area contributed by atoms with E-state index in [1.54, 1.807) is 43.5 Å². The van der Waals surface area contributed by atoms with Gasteiger partial charge in [0.05, 0.1) is 37.4 Å². The number of esters is 1. The molecule has 0 heterocycles. The molecule has 0 spiro atoms. The molecule has 0 unspecified atom stereocenters. The Morgan fingerprint density at radius 2 is 1.61 bits per heavy atom. The molecule has 0 aliphatic carbocycles. The van der Waals surface area contributed by atoms with E-state index in [9.17, 15) is 9.18 Å². The molecule has 0 saturated carbocycles. The number of ether oxygens (including phenoxy) is 4. The number of benzene rings is 2. The van der Waals surface area contributed by atoms with E-state index in [-0.39, 0.29) is 13.2 Å². The molecule has 0 saturated heterocycles. The van der Waals surface area contributed by atoms with Crippen LogP contribution in [0.5, 0.6) is 11.5 Å². The molecule has 0 N–H and O–H groups in total. The summed E-state index contributed by atoms with van der Waals surface area (Å²) in [6.07, 6.45) is -1.58. The number of alkyl halides is 2. The van der Waals surface area contributed by atoms with E-state index in [1.165, 1.54) is 14.2 Å². The zero-order valence-corrected chi connectivity index (χ0v) is 19.1. The maximum Gasteiger partial charge on any atom is 0.338 e. The first-order valence-electron chi connectivity index (χ1n) is 9.39. The largest absolute Gasteiger partial charge is 0.497 e. The molecule has 2 aromatic rings. The lowest BCUT2D eigenvalue weighted by atomic mass is 10.1. The van der Waals surface area contributed by atoms with Crippen molar-refractivity contribution < 1.29 is 33.0 Å². The van der Waals surface area contributed by atoms with Gasteiger partial charge < -0.3 is 23.8 Å². The van der Waals surface area contributed by atoms with Gasteiger partial charge in [-0.1, -0.05) is 33.2 Å². The summed E-state index contributed by atoms with van der Waals surface area (Å²) in [4.78, 5) is 16.2. The molecule has 0 aliphatic rings. The molecule has 7 nitrogen and oxygen atoms in total. The SMILES string of the molecule is CON=C[C@@H](F)[C@H](OCc1ccc(OC)cc1)[C@@H](Br)COC(=O)c1ccc(OC)cc1. The van der Waals surface area contributed by atoms with Crippen molar-refractivity contribution in [3.05, 3.63) is 59.7 Å². The minimum absolute atomic E-state index is 0.112. The van der Waals surface area contributed by atoms with Gasteiger partial charge in [-0.25, -0.2) is 9.18 Å². The van der Waals surface area contributed by atoms with E-state index in [0.717, 1.165) is 11.8 Å². The third-order valence-corrected chi connectivity index (χ3v) is 5.07. The minimum Gasteiger partial charge on any atom is -0.497 e. The van der Waals surface area contributed by atoms with Crippen LogP contribution in [-0.4, -0.2) is 57.2 Å². The number of nitrogens with zero attached hydrogens (tertiary/aromatic N) is 1. The fourth-order valence-electron chi connectivity index (χ4n) is 2.57. The van der Waals surface area contributed by atoms with Gasteiger partial charge in [-0.15, -0.1) is 0 Å². The summed E-state index contributed by atoms with van der Waals surface area (Å²) in [6.45, 7) is 0.0316. The zero-order chi connectivity index (χ0) is 22.6. The fraction of sp³-hybridized carbons (Fsp3) is 0.364. The smallest absolute Gasteiger partial charge is 0.338 e. The maximum atomic E-state index is 14.7. The molecule has 0 fully saturated rings. The van der Waals surface area contributed by atoms with Gasteiger partial charge in [0.25, 0.3) is 0 Å². The molecular formula is C22H25BrFNO6. The van der Waals surface area contributed by atoms with Gasteiger partial charge >= 0.3 is 5.97 Å². The van der Waals surface area contributed by atoms with E-state index < -0.39 is 23.1 Å². The Hall–Kier alpha value is -2.65. The third-order valence-electron chi connectivity index (χ3n) is 4.28. The summed E-state index contributed by atoms with van der Waals surface area (Å²) in [5.74, 6) is 0.793. The molecule has 0 bridgehead atoms. The van der Waals surface area contributed by atoms with Crippen LogP contribution >= 0.6 is 15.9 Å². The molecule has 0 aromatic heterocycles. The summed E-state index contributed by atoms with van der Waals surface area (Å²) in [5, 5.41) is 3.47. The molecule has 2 rings (SSSR count). The first-order chi connectivity index (χ1) is 15.0. The molecule has 168 valence electrons. The van der Waals surface area contributed by atoms with Gasteiger partial charge in [-0.05, 0) is 42.0 Å². The van der Waals surface area contributed by atoms with Gasteiger partial charge in [0, 0.05) is 0 Å². The molecule has 2 aromatic carbocycles. The Morgan fingerprint density at radius 1 is 1.03 bits per heavy atom. The van der Waals surface area contributed by atoms with Crippen molar-refractivity contribution in [1.29, 1.82) is 0 Å². The van der Waals surface area contributed by atoms with E-state index in [2.05, 4.69) is 25.9 Å². The third kappa shape index (κ3) is 7.84. The van der Waals surface area contributed by atoms with Crippen molar-refractivity contribution in [3.8, 4) is 11.5 Å². The Bertz CT molecular complexity index is 831. The summed E-state index contributed by atoms with van der Waals surface area (Å²) in [7, 11) is 4.43. The maximum absolute atomic E-state index is 14.7. The second-order valence-corrected chi connectivity index (χ2v) is 7.52. The van der Waals surface area contributed by atoms with Crippen LogP contribution < -0.4 is 9.47 Å². The topological polar surface area (TPSA) is 75.6 Å². The summed E-state index contributed by atoms with van der Waals surface area (Å²) < 4.78 is 36.0. The van der Waals surface area contributed by atoms with E-state index in [4.69, 9.17) is 18.9 Å². The molecule has 31 heavy (non-hydrogen) atoms. The quantitative estimate of drug-likeness (QED) is 0.189. The van der Waals surface area contributed by atoms with E-state index in [1.807, 2.05) is 12.1 Å². The normalized spacial score (nSPS) is 14.0. The van der Waals surface area contributed by atoms with Gasteiger partial charge in [0.15, 0.2) is 6.17 Å². The fourth-order valence-corrected chi connectivity index (χ4v) is 3.15. The van der Waals surface area contributed by atoms with Crippen molar-refractivity contribution in [1.82, 2.24) is 0 Å². The first-order valence-corrected chi connectivity index (χ1v) is 10.3. The molecule has 9 heteroatoms. The van der Waals surface area contributed by atoms with Gasteiger partial charge in [-0.3, -0.25) is 0 Å². The van der Waals surface area contributed by atoms with Crippen LogP contribution in [-0.2, 0) is 20.9 Å². The molecular weight excluding hydrogens is 473 g/mol. The van der Waals surface area contributed by atoms with Crippen molar-refractivity contribution >= 4 is 28.1 Å². The second-order valence-electron chi connectivity index (χ2n) is 6.35. The van der Waals surface area contributed by atoms with Crippen molar-refractivity contribution in [3.63, 3.8) is 0 Å². The lowest BCUT2D eigenvalue weighted by Gasteiger charge is -2.24. The highest BCUT2D eigenvalue weighted by Crippen LogP contribution is 2.20. The van der Waals surface area contributed by atoms with Crippen molar-refractivity contribution in [2.24, 2.45) is 5.16 Å². The number of carbonyl (C=O) groups excluding carboxylic acids is 1. The zero-order valence-electron chi connectivity index (χ0n) is 17.5. The van der Waals surface area contributed by atoms with E-state index in [0.29, 0.717) is 17.1 Å². The predicted octanol–water partition coefficient (Wildman–Crippen LogP) is 4.18. The van der Waals surface area contributed by atoms with Crippen LogP contribution in [0, 0.1) is 0 Å². The lowest BCUT2D eigenvalue weighted by Crippen LogP contribution is -2.38. The monoisotopic (exact) mass is 497 g/mol. The average Bonchev–Trinajstić information content (AvgIpc) is 2.81. The van der Waals surface area contributed by atoms with Gasteiger partial charge in [0.1, 0.15) is 31.3 Å². The minimum atomic E-state index is -1.60. The number of methoxy groups -OCH3 is 2. The Labute approximate surface area is 189 Å². The number of oxime groups is 1. The second kappa shape index (κ2) is 12.9. The summed E-state index contributed by atoms with van der Waals surface area (Å²) in [5.41, 5.74) is 1.19. The first kappa shape index (κ1) is 24.6. The Kier molecular flexibility index (Phi) is 10.3. The number of carbonyl (C=O) groups is 1. The predicted molar refractivity (Wildman–Crippen MR) is 118 cm³/mol. The molecule has 0 amide bonds. The van der Waals surface area contributed by atoms with Gasteiger partial charge in [-0.2, -0.15) is 0 Å². The van der Waals surface area contributed by atoms with Crippen LogP contribution in [0.1, 0.15) is 15.9 Å². The summed E-state index contributed by atoms with van der Waals surface area (Å²) in [6, 6.07) is 13.7. The van der Waals surface area contributed by atoms with E-state index >= 15 is 0 Å². The number of hydrogen-bond donors (Lipinski definition) is 0. The molecule has 3 atom stereocenters. The van der Waals surface area contributed by atoms with Crippen LogP contribution in [0.4, 0.5) is 4.39 Å². The van der Waals surface area contributed by atoms with Crippen LogP contribution in [0.2, 0.25) is 0 Å². The standard InChI is InChI=1S/C22H25BrFNO6/c1-27-17-8-4-15(5-9-17)13-30-21(20(24)12-25-29-3)19(23)14-31-22(26)16-6-10-18(28-2)11-7-16/h4-12,19-21H,13-14H2,1-3H3/t19-,20+,21+/m0/s1. The average molecular weight is 498 g/mol. The highest BCUT2D eigenvalue weighted by Gasteiger charge is 2.30. The van der Waals surface area contributed by atoms with Gasteiger partial charge in [0.2, 0.25) is 0 Å². The highest BCUT2D eigenvalue weighted by molar-refractivity contribution is 9.09. The number of hydrogen-bond acceptors (Lipinski definition) is 7. The van der Waals surface area contributed by atoms with Crippen LogP contribution in [0.25, 0.3) is 0 Å². The summed E-state index contributed by atoms with van der Waals surface area (Å²) >= 11 is 3.37. The molecule has 0 radical (unpaired) electrons. The number of halogens is 2. The highest BCUT2D eigenvalue weighted by atomic mass is 79.9. The van der Waals surface area contributed by atoms with Crippen LogP contribution in [0.3, 0.4) is 0 Å². The van der Waals surface area contributed by atoms with Crippen LogP contribution in [0.15, 0.2) is 53.7 Å². The number of rotatable bonds is 12. The Balaban J connectivity index is 1.99. The van der Waals surface area contributed by atoms with Crippen molar-refractivity contribution in [2.45, 2.75) is 23.7 Å². The molecule has 0 aliphatic heterocycles. The Morgan fingerprint density at radius 3 is 2.16 bits per heavy atom.